The van der Waals surface area contributed by atoms with Crippen LogP contribution in [0.5, 0.6) is 0 Å². The van der Waals surface area contributed by atoms with Crippen molar-refractivity contribution < 1.29 is 32.7 Å². The van der Waals surface area contributed by atoms with Crippen molar-refractivity contribution in [2.45, 2.75) is 0 Å². The smallest absolute Gasteiger partial charge is 2.00 e. The fourth-order valence-corrected chi connectivity index (χ4v) is 0. The molecule has 0 N–H and O–H groups in total. The molecule has 0 spiro atoms. The minimum atomic E-state index is 0. The Bertz CT molecular complexity index is 6.00. The van der Waals surface area contributed by atoms with E-state index in [2.05, 4.69) is 0 Å². The zero-order chi connectivity index (χ0) is 0. The first kappa shape index (κ1) is 88.8. The summed E-state index contributed by atoms with van der Waals surface area (Å²) in [5, 5.41) is 0. The summed E-state index contributed by atoms with van der Waals surface area (Å²) < 4.78 is 0. The summed E-state index contributed by atoms with van der Waals surface area (Å²) in [5.41, 5.74) is 0. The summed E-state index contributed by atoms with van der Waals surface area (Å²) in [7, 11) is 0. The maximum Gasteiger partial charge on any atom is 4.00 e. The summed E-state index contributed by atoms with van der Waals surface area (Å²) in [6.45, 7) is 0. The van der Waals surface area contributed by atoms with Gasteiger partial charge in [0, 0.05) is 0 Å². The molecular weight excluding hydrogens is 115 g/mol. The summed E-state index contributed by atoms with van der Waals surface area (Å²) in [4.78, 5) is 0. The molecular formula is HClO2Ti. The van der Waals surface area contributed by atoms with Crippen molar-refractivity contribution in [3.8, 4) is 0 Å². The van der Waals surface area contributed by atoms with Crippen LogP contribution in [-0.4, -0.2) is 0 Å². The SMILES string of the molecule is Cl.[O-2].[O-2].[Ti+4]. The Morgan fingerprint density at radius 1 is 0.750 bits per heavy atom. The van der Waals surface area contributed by atoms with Crippen LogP contribution in [0.1, 0.15) is 0 Å². The van der Waals surface area contributed by atoms with E-state index in [9.17, 15) is 0 Å². The molecule has 0 radical (unpaired) electrons. The second kappa shape index (κ2) is 39.3. The Hall–Kier alpha value is 0.924. The van der Waals surface area contributed by atoms with Gasteiger partial charge in [0.05, 0.1) is 0 Å². The summed E-state index contributed by atoms with van der Waals surface area (Å²) in [6, 6.07) is 0. The second-order valence-corrected chi connectivity index (χ2v) is 0. The van der Waals surface area contributed by atoms with Gasteiger partial charge in [-0.1, -0.05) is 0 Å². The molecule has 0 fully saturated rings. The molecule has 0 saturated heterocycles. The molecule has 4 heavy (non-hydrogen) atoms. The number of halogens is 1. The Labute approximate surface area is 45.5 Å². The van der Waals surface area contributed by atoms with E-state index in [4.69, 9.17) is 0 Å². The molecule has 0 aliphatic carbocycles. The van der Waals surface area contributed by atoms with Crippen LogP contribution in [0.4, 0.5) is 0 Å². The zero-order valence-electron chi connectivity index (χ0n) is 1.72. The Kier molecular flexibility index (Phi) is 872. The molecule has 0 aromatic heterocycles. The van der Waals surface area contributed by atoms with Gasteiger partial charge >= 0.3 is 21.7 Å². The molecule has 0 aromatic carbocycles. The van der Waals surface area contributed by atoms with Gasteiger partial charge in [0.2, 0.25) is 0 Å². The van der Waals surface area contributed by atoms with Gasteiger partial charge in [0.15, 0.2) is 0 Å². The molecule has 0 aliphatic heterocycles. The van der Waals surface area contributed by atoms with Crippen molar-refractivity contribution in [2.24, 2.45) is 0 Å². The third kappa shape index (κ3) is 12.7. The molecule has 0 aliphatic rings. The van der Waals surface area contributed by atoms with Gasteiger partial charge in [-0.25, -0.2) is 0 Å². The van der Waals surface area contributed by atoms with E-state index in [1.165, 1.54) is 0 Å². The number of hydrogen-bond donors (Lipinski definition) is 0. The van der Waals surface area contributed by atoms with Crippen molar-refractivity contribution in [1.82, 2.24) is 0 Å². The van der Waals surface area contributed by atoms with E-state index in [0.29, 0.717) is 0 Å². The van der Waals surface area contributed by atoms with Crippen LogP contribution >= 0.6 is 12.4 Å². The second-order valence-electron chi connectivity index (χ2n) is 0. The molecule has 24 valence electrons. The van der Waals surface area contributed by atoms with Gasteiger partial charge in [0.1, 0.15) is 0 Å². The van der Waals surface area contributed by atoms with E-state index >= 15 is 0 Å². The third-order valence-electron chi connectivity index (χ3n) is 0. The van der Waals surface area contributed by atoms with Gasteiger partial charge < -0.3 is 11.0 Å². The molecule has 0 atom stereocenters. The van der Waals surface area contributed by atoms with E-state index in [1.807, 2.05) is 0 Å². The van der Waals surface area contributed by atoms with Gasteiger partial charge in [-0.05, 0) is 0 Å². The fraction of sp³-hybridized carbons (Fsp3) is 0. The van der Waals surface area contributed by atoms with Crippen LogP contribution in [0.15, 0.2) is 0 Å². The van der Waals surface area contributed by atoms with E-state index in [0.717, 1.165) is 0 Å². The van der Waals surface area contributed by atoms with E-state index < -0.39 is 0 Å². The van der Waals surface area contributed by atoms with Crippen LogP contribution < -0.4 is 0 Å². The van der Waals surface area contributed by atoms with Crippen molar-refractivity contribution in [2.75, 3.05) is 0 Å². The standard InChI is InChI=1S/ClH.2O.Ti/h1H;;;/q;2*-2;+4. The van der Waals surface area contributed by atoms with E-state index in [-0.39, 0.29) is 45.1 Å². The summed E-state index contributed by atoms with van der Waals surface area (Å²) in [6.07, 6.45) is 0. The number of hydrogen-bond acceptors (Lipinski definition) is 0. The van der Waals surface area contributed by atoms with Crippen LogP contribution in [0.2, 0.25) is 0 Å². The van der Waals surface area contributed by atoms with Gasteiger partial charge in [0.25, 0.3) is 0 Å². The largest absolute Gasteiger partial charge is 4.00 e. The molecule has 0 amide bonds. The molecule has 2 nitrogen and oxygen atoms in total. The summed E-state index contributed by atoms with van der Waals surface area (Å²) >= 11 is 0. The van der Waals surface area contributed by atoms with Crippen molar-refractivity contribution in [3.05, 3.63) is 0 Å². The molecule has 0 heterocycles. The van der Waals surface area contributed by atoms with Crippen molar-refractivity contribution in [1.29, 1.82) is 0 Å². The average molecular weight is 116 g/mol. The quantitative estimate of drug-likeness (QED) is 0.406. The van der Waals surface area contributed by atoms with E-state index in [1.54, 1.807) is 0 Å². The molecule has 0 bridgehead atoms. The monoisotopic (exact) mass is 116 g/mol. The first-order chi connectivity index (χ1) is 0. The molecule has 0 saturated carbocycles. The summed E-state index contributed by atoms with van der Waals surface area (Å²) in [5.74, 6) is 0. The normalized spacial score (nSPS) is 0. The molecule has 0 rings (SSSR count). The van der Waals surface area contributed by atoms with Crippen LogP contribution in [-0.2, 0) is 32.7 Å². The average Bonchev–Trinajstić information content (AvgIpc) is 0. The maximum atomic E-state index is 0. The Morgan fingerprint density at radius 2 is 0.750 bits per heavy atom. The first-order valence-corrected chi connectivity index (χ1v) is 0. The molecule has 4 heteroatoms. The third-order valence-corrected chi connectivity index (χ3v) is 0. The van der Waals surface area contributed by atoms with Gasteiger partial charge in [-0.3, -0.25) is 0 Å². The minimum Gasteiger partial charge on any atom is -2.00 e. The maximum absolute atomic E-state index is 0. The minimum absolute atomic E-state index is 0. The predicted molar refractivity (Wildman–Crippen MR) is 8.62 cm³/mol. The number of rotatable bonds is 0. The fourth-order valence-electron chi connectivity index (χ4n) is 0. The zero-order valence-corrected chi connectivity index (χ0v) is 4.10. The predicted octanol–water partition coefficient (Wildman–Crippen LogP) is 0.182. The van der Waals surface area contributed by atoms with Crippen molar-refractivity contribution in [3.63, 3.8) is 0 Å². The molecule has 0 aromatic rings. The van der Waals surface area contributed by atoms with Crippen molar-refractivity contribution >= 4 is 12.4 Å². The van der Waals surface area contributed by atoms with Crippen LogP contribution in [0.25, 0.3) is 0 Å². The molecule has 0 unspecified atom stereocenters. The van der Waals surface area contributed by atoms with Crippen LogP contribution in [0, 0.1) is 0 Å². The first-order valence-electron chi connectivity index (χ1n) is 0. The topological polar surface area (TPSA) is 57.0 Å². The Morgan fingerprint density at radius 3 is 0.750 bits per heavy atom. The Balaban J connectivity index is 0. The van der Waals surface area contributed by atoms with Gasteiger partial charge in [-0.2, -0.15) is 0 Å². The van der Waals surface area contributed by atoms with Crippen LogP contribution in [0.3, 0.4) is 0 Å². The van der Waals surface area contributed by atoms with Gasteiger partial charge in [-0.15, -0.1) is 12.4 Å².